The van der Waals surface area contributed by atoms with Crippen molar-refractivity contribution in [2.45, 2.75) is 31.6 Å². The van der Waals surface area contributed by atoms with Crippen molar-refractivity contribution in [3.63, 3.8) is 0 Å². The Bertz CT molecular complexity index is 774. The minimum atomic E-state index is -3.61. The van der Waals surface area contributed by atoms with Crippen LogP contribution in [0.3, 0.4) is 0 Å². The van der Waals surface area contributed by atoms with Gasteiger partial charge in [-0.15, -0.1) is 10.2 Å². The SMILES string of the molecule is COc1ccc(S(=O)(=O)N(C)C[C@H](C)c2nn[nH]n2)c(C)c1C. The summed E-state index contributed by atoms with van der Waals surface area (Å²) in [5.74, 6) is 0.979. The summed E-state index contributed by atoms with van der Waals surface area (Å²) in [7, 11) is -0.501. The average molecular weight is 339 g/mol. The molecule has 0 aliphatic rings. The van der Waals surface area contributed by atoms with Crippen LogP contribution < -0.4 is 4.74 Å². The van der Waals surface area contributed by atoms with Crippen LogP contribution in [0.4, 0.5) is 0 Å². The third-order valence-corrected chi connectivity index (χ3v) is 5.90. The molecule has 126 valence electrons. The molecule has 9 heteroatoms. The Morgan fingerprint density at radius 1 is 1.30 bits per heavy atom. The standard InChI is InChI=1S/C14H21N5O3S/c1-9(14-15-17-18-16-14)8-19(4)23(20,21)13-7-6-12(22-5)10(2)11(13)3/h6-7,9H,8H2,1-5H3,(H,15,16,17,18)/t9-/m0/s1. The maximum atomic E-state index is 12.8. The Labute approximate surface area is 135 Å². The number of hydrogen-bond donors (Lipinski definition) is 1. The number of methoxy groups -OCH3 is 1. The molecule has 1 heterocycles. The van der Waals surface area contributed by atoms with Gasteiger partial charge in [0.1, 0.15) is 5.75 Å². The van der Waals surface area contributed by atoms with Crippen LogP contribution in [0, 0.1) is 13.8 Å². The van der Waals surface area contributed by atoms with Crippen molar-refractivity contribution in [3.8, 4) is 5.75 Å². The summed E-state index contributed by atoms with van der Waals surface area (Å²) < 4.78 is 32.2. The molecule has 0 spiro atoms. The van der Waals surface area contributed by atoms with Crippen LogP contribution in [0.15, 0.2) is 17.0 Å². The molecule has 0 unspecified atom stereocenters. The first-order valence-corrected chi connectivity index (χ1v) is 8.57. The first kappa shape index (κ1) is 17.4. The highest BCUT2D eigenvalue weighted by Gasteiger charge is 2.26. The quantitative estimate of drug-likeness (QED) is 0.850. The van der Waals surface area contributed by atoms with Gasteiger partial charge < -0.3 is 4.74 Å². The van der Waals surface area contributed by atoms with E-state index in [4.69, 9.17) is 4.74 Å². The van der Waals surface area contributed by atoms with E-state index in [9.17, 15) is 8.42 Å². The van der Waals surface area contributed by atoms with Gasteiger partial charge in [-0.2, -0.15) is 5.21 Å². The molecule has 1 atom stereocenters. The molecular formula is C14H21N5O3S. The summed E-state index contributed by atoms with van der Waals surface area (Å²) in [5.41, 5.74) is 1.50. The third-order valence-electron chi connectivity index (χ3n) is 3.93. The molecule has 0 radical (unpaired) electrons. The van der Waals surface area contributed by atoms with E-state index >= 15 is 0 Å². The number of hydrogen-bond acceptors (Lipinski definition) is 6. The first-order valence-electron chi connectivity index (χ1n) is 7.13. The Hall–Kier alpha value is -2.00. The van der Waals surface area contributed by atoms with E-state index in [0.717, 1.165) is 5.56 Å². The van der Waals surface area contributed by atoms with Crippen LogP contribution in [-0.4, -0.2) is 54.0 Å². The molecule has 0 aliphatic carbocycles. The predicted molar refractivity (Wildman–Crippen MR) is 84.9 cm³/mol. The van der Waals surface area contributed by atoms with Crippen molar-refractivity contribution in [1.29, 1.82) is 0 Å². The first-order chi connectivity index (χ1) is 10.8. The van der Waals surface area contributed by atoms with E-state index in [2.05, 4.69) is 20.6 Å². The molecule has 23 heavy (non-hydrogen) atoms. The van der Waals surface area contributed by atoms with Crippen LogP contribution in [0.25, 0.3) is 0 Å². The molecule has 1 N–H and O–H groups in total. The number of likely N-dealkylation sites (N-methyl/N-ethyl adjacent to an activating group) is 1. The lowest BCUT2D eigenvalue weighted by molar-refractivity contribution is 0.410. The van der Waals surface area contributed by atoms with Gasteiger partial charge in [0.2, 0.25) is 10.0 Å². The molecule has 0 saturated heterocycles. The number of benzene rings is 1. The molecule has 2 rings (SSSR count). The number of sulfonamides is 1. The van der Waals surface area contributed by atoms with E-state index < -0.39 is 10.0 Å². The van der Waals surface area contributed by atoms with Gasteiger partial charge in [0.25, 0.3) is 0 Å². The minimum absolute atomic E-state index is 0.173. The highest BCUT2D eigenvalue weighted by molar-refractivity contribution is 7.89. The number of nitrogens with zero attached hydrogens (tertiary/aromatic N) is 4. The van der Waals surface area contributed by atoms with Gasteiger partial charge in [0.15, 0.2) is 5.82 Å². The number of aromatic nitrogens is 4. The number of H-pyrrole nitrogens is 1. The second-order valence-electron chi connectivity index (χ2n) is 5.47. The highest BCUT2D eigenvalue weighted by Crippen LogP contribution is 2.29. The minimum Gasteiger partial charge on any atom is -0.496 e. The van der Waals surface area contributed by atoms with Crippen LogP contribution >= 0.6 is 0 Å². The van der Waals surface area contributed by atoms with E-state index in [1.807, 2.05) is 13.8 Å². The van der Waals surface area contributed by atoms with Gasteiger partial charge >= 0.3 is 0 Å². The number of rotatable bonds is 6. The monoisotopic (exact) mass is 339 g/mol. The van der Waals surface area contributed by atoms with E-state index in [1.165, 1.54) is 4.31 Å². The topological polar surface area (TPSA) is 101 Å². The number of tetrazole rings is 1. The fourth-order valence-corrected chi connectivity index (χ4v) is 3.92. The van der Waals surface area contributed by atoms with E-state index in [0.29, 0.717) is 17.1 Å². The van der Waals surface area contributed by atoms with Gasteiger partial charge in [0.05, 0.1) is 12.0 Å². The van der Waals surface area contributed by atoms with E-state index in [1.54, 1.807) is 33.2 Å². The predicted octanol–water partition coefficient (Wildman–Crippen LogP) is 1.25. The molecule has 1 aromatic carbocycles. The van der Waals surface area contributed by atoms with Crippen molar-refractivity contribution < 1.29 is 13.2 Å². The van der Waals surface area contributed by atoms with Crippen LogP contribution in [0.5, 0.6) is 5.75 Å². The lowest BCUT2D eigenvalue weighted by Crippen LogP contribution is -2.31. The van der Waals surface area contributed by atoms with Crippen LogP contribution in [0.1, 0.15) is 29.8 Å². The van der Waals surface area contributed by atoms with Gasteiger partial charge in [0, 0.05) is 19.5 Å². The second-order valence-corrected chi connectivity index (χ2v) is 7.49. The summed E-state index contributed by atoms with van der Waals surface area (Å²) in [6.45, 7) is 5.73. The zero-order chi connectivity index (χ0) is 17.2. The molecular weight excluding hydrogens is 318 g/mol. The third kappa shape index (κ3) is 3.35. The fraction of sp³-hybridized carbons (Fsp3) is 0.500. The Morgan fingerprint density at radius 2 is 2.00 bits per heavy atom. The molecule has 1 aromatic heterocycles. The summed E-state index contributed by atoms with van der Waals surface area (Å²) in [6, 6.07) is 3.25. The fourth-order valence-electron chi connectivity index (χ4n) is 2.38. The second kappa shape index (κ2) is 6.63. The highest BCUT2D eigenvalue weighted by atomic mass is 32.2. The smallest absolute Gasteiger partial charge is 0.243 e. The molecule has 0 aliphatic heterocycles. The molecule has 0 fully saturated rings. The Balaban J connectivity index is 2.29. The average Bonchev–Trinajstić information content (AvgIpc) is 3.04. The maximum absolute atomic E-state index is 12.8. The summed E-state index contributed by atoms with van der Waals surface area (Å²) >= 11 is 0. The van der Waals surface area contributed by atoms with Gasteiger partial charge in [-0.05, 0) is 37.1 Å². The van der Waals surface area contributed by atoms with Crippen LogP contribution in [0.2, 0.25) is 0 Å². The van der Waals surface area contributed by atoms with Gasteiger partial charge in [-0.25, -0.2) is 12.7 Å². The lowest BCUT2D eigenvalue weighted by atomic mass is 10.1. The van der Waals surface area contributed by atoms with Crippen molar-refractivity contribution in [2.75, 3.05) is 20.7 Å². The molecule has 0 amide bonds. The maximum Gasteiger partial charge on any atom is 0.243 e. The number of ether oxygens (including phenoxy) is 1. The van der Waals surface area contributed by atoms with Gasteiger partial charge in [-0.1, -0.05) is 12.1 Å². The Morgan fingerprint density at radius 3 is 2.57 bits per heavy atom. The summed E-state index contributed by atoms with van der Waals surface area (Å²) in [5, 5.41) is 13.7. The molecule has 8 nitrogen and oxygen atoms in total. The van der Waals surface area contributed by atoms with Crippen molar-refractivity contribution in [3.05, 3.63) is 29.1 Å². The number of aromatic amines is 1. The van der Waals surface area contributed by atoms with Crippen molar-refractivity contribution in [2.24, 2.45) is 0 Å². The molecule has 0 bridgehead atoms. The molecule has 0 saturated carbocycles. The zero-order valence-electron chi connectivity index (χ0n) is 13.9. The zero-order valence-corrected chi connectivity index (χ0v) is 14.7. The molecule has 2 aromatic rings. The lowest BCUT2D eigenvalue weighted by Gasteiger charge is -2.21. The number of nitrogens with one attached hydrogen (secondary N) is 1. The normalized spacial score (nSPS) is 13.3. The van der Waals surface area contributed by atoms with Crippen LogP contribution in [-0.2, 0) is 10.0 Å². The van der Waals surface area contributed by atoms with E-state index in [-0.39, 0.29) is 17.4 Å². The Kier molecular flexibility index (Phi) is 5.00. The summed E-state index contributed by atoms with van der Waals surface area (Å²) in [4.78, 5) is 0.276. The van der Waals surface area contributed by atoms with Crippen molar-refractivity contribution >= 4 is 10.0 Å². The van der Waals surface area contributed by atoms with Crippen molar-refractivity contribution in [1.82, 2.24) is 24.9 Å². The largest absolute Gasteiger partial charge is 0.496 e. The van der Waals surface area contributed by atoms with Gasteiger partial charge in [-0.3, -0.25) is 0 Å². The summed E-state index contributed by atoms with van der Waals surface area (Å²) in [6.07, 6.45) is 0.